The number of allylic oxidation sites excluding steroid dienone is 2. The maximum atomic E-state index is 8.99. The average Bonchev–Trinajstić information content (AvgIpc) is 2.49. The van der Waals surface area contributed by atoms with Crippen LogP contribution in [0.2, 0.25) is 0 Å². The summed E-state index contributed by atoms with van der Waals surface area (Å²) in [5.41, 5.74) is 5.80. The van der Waals surface area contributed by atoms with Gasteiger partial charge in [-0.2, -0.15) is 10.5 Å². The number of anilines is 1. The highest BCUT2D eigenvalue weighted by molar-refractivity contribution is 5.84. The van der Waals surface area contributed by atoms with E-state index in [4.69, 9.17) is 10.5 Å². The Hall–Kier alpha value is -2.52. The lowest BCUT2D eigenvalue weighted by molar-refractivity contribution is 0.550. The fraction of sp³-hybridized carbons (Fsp3) is 0.400. The summed E-state index contributed by atoms with van der Waals surface area (Å²) in [4.78, 5) is 2.44. The van der Waals surface area contributed by atoms with Crippen LogP contribution >= 0.6 is 0 Å². The highest BCUT2D eigenvalue weighted by atomic mass is 15.2. The minimum Gasteiger partial charge on any atom is -0.362 e. The van der Waals surface area contributed by atoms with Crippen LogP contribution in [0.5, 0.6) is 0 Å². The number of fused-ring (bicyclic) bond motifs is 1. The van der Waals surface area contributed by atoms with Gasteiger partial charge in [0.05, 0.1) is 5.54 Å². The molecule has 0 saturated carbocycles. The number of nitriles is 2. The first-order valence-electron chi connectivity index (χ1n) is 7.98. The SMILES string of the molecule is CCCN1c2cc(C)c(C=C(C#N)C#N)cc2C(C)=CC1(C)C. The summed E-state index contributed by atoms with van der Waals surface area (Å²) in [5, 5.41) is 18.0. The summed E-state index contributed by atoms with van der Waals surface area (Å²) in [7, 11) is 0. The second kappa shape index (κ2) is 6.31. The van der Waals surface area contributed by atoms with Crippen molar-refractivity contribution in [1.29, 1.82) is 10.5 Å². The minimum atomic E-state index is -0.0125. The quantitative estimate of drug-likeness (QED) is 0.751. The van der Waals surface area contributed by atoms with Gasteiger partial charge in [0, 0.05) is 17.8 Å². The van der Waals surface area contributed by atoms with Crippen molar-refractivity contribution in [3.05, 3.63) is 40.5 Å². The molecule has 0 aliphatic carbocycles. The van der Waals surface area contributed by atoms with E-state index in [0.717, 1.165) is 24.1 Å². The number of rotatable bonds is 3. The molecule has 0 radical (unpaired) electrons. The summed E-state index contributed by atoms with van der Waals surface area (Å²) in [5.74, 6) is 0. The predicted octanol–water partition coefficient (Wildman–Crippen LogP) is 4.84. The molecular weight excluding hydrogens is 282 g/mol. The highest BCUT2D eigenvalue weighted by Crippen LogP contribution is 2.40. The van der Waals surface area contributed by atoms with Gasteiger partial charge in [-0.1, -0.05) is 13.0 Å². The van der Waals surface area contributed by atoms with Gasteiger partial charge < -0.3 is 4.90 Å². The Balaban J connectivity index is 2.65. The fourth-order valence-electron chi connectivity index (χ4n) is 3.28. The number of hydrogen-bond acceptors (Lipinski definition) is 3. The standard InChI is InChI=1S/C20H23N3/c1-6-7-23-19-8-14(2)17(9-16(12-21)13-22)10-18(19)15(3)11-20(23,4)5/h8-11H,6-7H2,1-5H3. The molecule has 1 heterocycles. The lowest BCUT2D eigenvalue weighted by Gasteiger charge is -2.43. The van der Waals surface area contributed by atoms with E-state index in [1.54, 1.807) is 6.08 Å². The van der Waals surface area contributed by atoms with Gasteiger partial charge in [0.2, 0.25) is 0 Å². The zero-order valence-electron chi connectivity index (χ0n) is 14.6. The third-order valence-corrected chi connectivity index (χ3v) is 4.35. The van der Waals surface area contributed by atoms with Crippen molar-refractivity contribution in [3.63, 3.8) is 0 Å². The van der Waals surface area contributed by atoms with Crippen LogP contribution in [-0.4, -0.2) is 12.1 Å². The zero-order chi connectivity index (χ0) is 17.2. The van der Waals surface area contributed by atoms with Crippen LogP contribution in [0.3, 0.4) is 0 Å². The summed E-state index contributed by atoms with van der Waals surface area (Å²) in [6.45, 7) is 11.8. The molecule has 0 amide bonds. The monoisotopic (exact) mass is 305 g/mol. The van der Waals surface area contributed by atoms with Gasteiger partial charge in [0.1, 0.15) is 17.7 Å². The molecule has 0 unspecified atom stereocenters. The van der Waals surface area contributed by atoms with Crippen LogP contribution in [0.4, 0.5) is 5.69 Å². The zero-order valence-corrected chi connectivity index (χ0v) is 14.6. The molecular formula is C20H23N3. The number of nitrogens with zero attached hydrogens (tertiary/aromatic N) is 3. The molecule has 0 atom stereocenters. The van der Waals surface area contributed by atoms with Crippen LogP contribution in [0, 0.1) is 29.6 Å². The first kappa shape index (κ1) is 16.8. The molecule has 0 fully saturated rings. The van der Waals surface area contributed by atoms with Crippen LogP contribution in [-0.2, 0) is 0 Å². The number of hydrogen-bond donors (Lipinski definition) is 0. The van der Waals surface area contributed by atoms with E-state index < -0.39 is 0 Å². The van der Waals surface area contributed by atoms with E-state index in [0.29, 0.717) is 0 Å². The van der Waals surface area contributed by atoms with Crippen LogP contribution in [0.15, 0.2) is 23.8 Å². The lowest BCUT2D eigenvalue weighted by atomic mass is 9.86. The number of aryl methyl sites for hydroxylation is 1. The smallest absolute Gasteiger partial charge is 0.130 e. The second-order valence-corrected chi connectivity index (χ2v) is 6.64. The Kier molecular flexibility index (Phi) is 4.62. The Morgan fingerprint density at radius 1 is 1.22 bits per heavy atom. The molecule has 3 nitrogen and oxygen atoms in total. The van der Waals surface area contributed by atoms with Crippen LogP contribution in [0.25, 0.3) is 11.6 Å². The van der Waals surface area contributed by atoms with Gasteiger partial charge in [-0.05, 0) is 69.0 Å². The van der Waals surface area contributed by atoms with Crippen molar-refractivity contribution in [2.45, 2.75) is 46.6 Å². The van der Waals surface area contributed by atoms with E-state index >= 15 is 0 Å². The van der Waals surface area contributed by atoms with Crippen molar-refractivity contribution in [1.82, 2.24) is 0 Å². The molecule has 1 aromatic rings. The Bertz CT molecular complexity index is 751. The van der Waals surface area contributed by atoms with Gasteiger partial charge in [-0.25, -0.2) is 0 Å². The molecule has 3 heteroatoms. The van der Waals surface area contributed by atoms with Crippen molar-refractivity contribution in [3.8, 4) is 12.1 Å². The largest absolute Gasteiger partial charge is 0.362 e. The van der Waals surface area contributed by atoms with E-state index in [1.165, 1.54) is 16.8 Å². The molecule has 23 heavy (non-hydrogen) atoms. The fourth-order valence-corrected chi connectivity index (χ4v) is 3.28. The van der Waals surface area contributed by atoms with Crippen molar-refractivity contribution < 1.29 is 0 Å². The Morgan fingerprint density at radius 2 is 1.87 bits per heavy atom. The maximum Gasteiger partial charge on any atom is 0.130 e. The summed E-state index contributed by atoms with van der Waals surface area (Å²) >= 11 is 0. The summed E-state index contributed by atoms with van der Waals surface area (Å²) < 4.78 is 0. The molecule has 0 N–H and O–H groups in total. The molecule has 0 aromatic heterocycles. The summed E-state index contributed by atoms with van der Waals surface area (Å²) in [6.07, 6.45) is 5.06. The van der Waals surface area contributed by atoms with Gasteiger partial charge in [0.25, 0.3) is 0 Å². The molecule has 1 aromatic carbocycles. The topological polar surface area (TPSA) is 50.8 Å². The van der Waals surface area contributed by atoms with Crippen molar-refractivity contribution in [2.75, 3.05) is 11.4 Å². The maximum absolute atomic E-state index is 8.99. The third kappa shape index (κ3) is 3.15. The van der Waals surface area contributed by atoms with Gasteiger partial charge in [-0.3, -0.25) is 0 Å². The highest BCUT2D eigenvalue weighted by Gasteiger charge is 2.30. The van der Waals surface area contributed by atoms with Gasteiger partial charge in [0.15, 0.2) is 0 Å². The van der Waals surface area contributed by atoms with E-state index in [2.05, 4.69) is 50.8 Å². The third-order valence-electron chi connectivity index (χ3n) is 4.35. The van der Waals surface area contributed by atoms with Gasteiger partial charge >= 0.3 is 0 Å². The predicted molar refractivity (Wildman–Crippen MR) is 95.7 cm³/mol. The lowest BCUT2D eigenvalue weighted by Crippen LogP contribution is -2.45. The minimum absolute atomic E-state index is 0.0125. The van der Waals surface area contributed by atoms with Gasteiger partial charge in [-0.15, -0.1) is 0 Å². The first-order valence-corrected chi connectivity index (χ1v) is 7.98. The van der Waals surface area contributed by atoms with E-state index in [-0.39, 0.29) is 11.1 Å². The molecule has 2 rings (SSSR count). The molecule has 1 aliphatic heterocycles. The van der Waals surface area contributed by atoms with Crippen molar-refractivity contribution in [2.24, 2.45) is 0 Å². The molecule has 1 aliphatic rings. The normalized spacial score (nSPS) is 15.1. The Labute approximate surface area is 139 Å². The Morgan fingerprint density at radius 3 is 2.43 bits per heavy atom. The molecule has 0 bridgehead atoms. The van der Waals surface area contributed by atoms with E-state index in [1.807, 2.05) is 19.1 Å². The average molecular weight is 305 g/mol. The molecule has 0 saturated heterocycles. The van der Waals surface area contributed by atoms with Crippen LogP contribution in [0.1, 0.15) is 50.8 Å². The summed E-state index contributed by atoms with van der Waals surface area (Å²) in [6, 6.07) is 8.15. The van der Waals surface area contributed by atoms with Crippen LogP contribution < -0.4 is 4.90 Å². The van der Waals surface area contributed by atoms with E-state index in [9.17, 15) is 0 Å². The second-order valence-electron chi connectivity index (χ2n) is 6.64. The number of benzene rings is 1. The molecule has 118 valence electrons. The first-order chi connectivity index (χ1) is 10.8. The van der Waals surface area contributed by atoms with Crippen molar-refractivity contribution >= 4 is 17.3 Å². The molecule has 0 spiro atoms.